The number of rotatable bonds is 0. The first-order valence-electron chi connectivity index (χ1n) is 8.21. The third-order valence-corrected chi connectivity index (χ3v) is 3.30. The molecule has 0 bridgehead atoms. The summed E-state index contributed by atoms with van der Waals surface area (Å²) in [6, 6.07) is 27.5. The standard InChI is InChI=1S/3C8H9.Bi.2ClH/c3*1-7-4-3-5-8(2)6-7;;;/h3*3-4,6H,1-2H3;;2*1H/q;;;+2;;/p-2. The van der Waals surface area contributed by atoms with E-state index in [0.717, 1.165) is 0 Å². The van der Waals surface area contributed by atoms with E-state index in [1.807, 2.05) is 57.2 Å². The van der Waals surface area contributed by atoms with Crippen molar-refractivity contribution in [2.75, 3.05) is 0 Å². The molecule has 0 unspecified atom stereocenters. The first-order chi connectivity index (χ1) is 11.4. The average Bonchev–Trinajstić information content (AvgIpc) is 2.47. The van der Waals surface area contributed by atoms with E-state index < -0.39 is 0 Å². The summed E-state index contributed by atoms with van der Waals surface area (Å²) in [6.45, 7) is 12.4. The zero-order valence-corrected chi connectivity index (χ0v) is 21.9. The predicted octanol–water partition coefficient (Wildman–Crippen LogP) is -0.0619. The van der Waals surface area contributed by atoms with Gasteiger partial charge in [-0.2, -0.15) is 0 Å². The van der Waals surface area contributed by atoms with Gasteiger partial charge in [0.05, 0.1) is 0 Å². The maximum atomic E-state index is 3.07. The summed E-state index contributed by atoms with van der Waals surface area (Å²) in [6.07, 6.45) is 0. The molecule has 0 saturated heterocycles. The Bertz CT molecular complexity index is 599. The van der Waals surface area contributed by atoms with Crippen molar-refractivity contribution < 1.29 is 24.8 Å². The van der Waals surface area contributed by atoms with Gasteiger partial charge in [0.15, 0.2) is 0 Å². The van der Waals surface area contributed by atoms with Gasteiger partial charge in [-0.25, -0.2) is 0 Å². The van der Waals surface area contributed by atoms with Crippen LogP contribution in [0.4, 0.5) is 0 Å². The Morgan fingerprint density at radius 3 is 0.815 bits per heavy atom. The van der Waals surface area contributed by atoms with Crippen molar-refractivity contribution >= 4 is 26.2 Å². The van der Waals surface area contributed by atoms with Gasteiger partial charge in [-0.3, -0.25) is 0 Å². The molecule has 0 aliphatic rings. The topological polar surface area (TPSA) is 0 Å². The maximum Gasteiger partial charge on any atom is 2.00 e. The molecule has 0 aliphatic carbocycles. The average molecular weight is 595 g/mol. The normalized spacial score (nSPS) is 8.22. The summed E-state index contributed by atoms with van der Waals surface area (Å²) in [5.41, 5.74) is 7.56. The third-order valence-electron chi connectivity index (χ3n) is 3.30. The summed E-state index contributed by atoms with van der Waals surface area (Å²) in [4.78, 5) is 0. The molecule has 3 aromatic carbocycles. The molecule has 6 radical (unpaired) electrons. The molecule has 0 spiro atoms. The fourth-order valence-electron chi connectivity index (χ4n) is 2.21. The minimum absolute atomic E-state index is 0. The van der Waals surface area contributed by atoms with Crippen molar-refractivity contribution in [2.45, 2.75) is 41.5 Å². The zero-order chi connectivity index (χ0) is 17.9. The van der Waals surface area contributed by atoms with E-state index in [2.05, 4.69) is 57.2 Å². The molecular weight excluding hydrogens is 568 g/mol. The molecule has 0 heterocycles. The van der Waals surface area contributed by atoms with Crippen molar-refractivity contribution in [3.8, 4) is 0 Å². The van der Waals surface area contributed by atoms with Crippen LogP contribution >= 0.6 is 0 Å². The fourth-order valence-corrected chi connectivity index (χ4v) is 2.21. The molecule has 3 rings (SSSR count). The van der Waals surface area contributed by atoms with Gasteiger partial charge in [0.1, 0.15) is 0 Å². The number of benzene rings is 3. The largest absolute Gasteiger partial charge is 2.00 e. The Morgan fingerprint density at radius 1 is 0.481 bits per heavy atom. The molecule has 3 aromatic rings. The quantitative estimate of drug-likeness (QED) is 0.320. The summed E-state index contributed by atoms with van der Waals surface area (Å²) in [5.74, 6) is 0. The van der Waals surface area contributed by atoms with E-state index in [1.165, 1.54) is 33.4 Å². The zero-order valence-electron chi connectivity index (χ0n) is 16.9. The van der Waals surface area contributed by atoms with E-state index in [1.54, 1.807) is 0 Å². The van der Waals surface area contributed by atoms with Crippen molar-refractivity contribution in [1.29, 1.82) is 0 Å². The van der Waals surface area contributed by atoms with Gasteiger partial charge in [0.25, 0.3) is 0 Å². The number of hydrogen-bond acceptors (Lipinski definition) is 0. The number of halogens is 2. The van der Waals surface area contributed by atoms with E-state index in [4.69, 9.17) is 0 Å². The predicted molar refractivity (Wildman–Crippen MR) is 110 cm³/mol. The monoisotopic (exact) mass is 594 g/mol. The number of hydrogen-bond donors (Lipinski definition) is 0. The Hall–Kier alpha value is -0.877. The molecule has 0 amide bonds. The summed E-state index contributed by atoms with van der Waals surface area (Å²) >= 11 is 0. The first kappa shape index (κ1) is 30.8. The molecule has 0 atom stereocenters. The summed E-state index contributed by atoms with van der Waals surface area (Å²) < 4.78 is 0. The van der Waals surface area contributed by atoms with Gasteiger partial charge >= 0.3 is 26.2 Å². The molecular formula is C24H27BiCl2. The molecule has 27 heavy (non-hydrogen) atoms. The molecule has 0 aromatic heterocycles. The fraction of sp³-hybridized carbons (Fsp3) is 0.250. The van der Waals surface area contributed by atoms with Crippen LogP contribution in [0.2, 0.25) is 0 Å². The minimum atomic E-state index is 0. The Morgan fingerprint density at radius 2 is 0.704 bits per heavy atom. The van der Waals surface area contributed by atoms with Crippen LogP contribution in [-0.4, -0.2) is 26.2 Å². The minimum Gasteiger partial charge on any atom is -1.00 e. The van der Waals surface area contributed by atoms with Gasteiger partial charge in [-0.05, 0) is 76.4 Å². The van der Waals surface area contributed by atoms with Crippen LogP contribution in [0.15, 0.2) is 54.6 Å². The van der Waals surface area contributed by atoms with Crippen molar-refractivity contribution in [3.63, 3.8) is 0 Å². The molecule has 0 N–H and O–H groups in total. The van der Waals surface area contributed by atoms with E-state index in [9.17, 15) is 0 Å². The van der Waals surface area contributed by atoms with Gasteiger partial charge < -0.3 is 24.8 Å². The van der Waals surface area contributed by atoms with E-state index in [0.29, 0.717) is 0 Å². The molecule has 0 saturated carbocycles. The third kappa shape index (κ3) is 15.8. The Kier molecular flexibility index (Phi) is 19.7. The summed E-state index contributed by atoms with van der Waals surface area (Å²) in [7, 11) is 0. The first-order valence-corrected chi connectivity index (χ1v) is 8.21. The maximum absolute atomic E-state index is 3.07. The van der Waals surface area contributed by atoms with Crippen LogP contribution in [-0.2, 0) is 0 Å². The second kappa shape index (κ2) is 17.2. The van der Waals surface area contributed by atoms with Crippen LogP contribution in [0.25, 0.3) is 0 Å². The van der Waals surface area contributed by atoms with Crippen LogP contribution in [0.3, 0.4) is 0 Å². The Labute approximate surface area is 197 Å². The second-order valence-corrected chi connectivity index (χ2v) is 6.15. The van der Waals surface area contributed by atoms with Crippen LogP contribution < -0.4 is 24.8 Å². The van der Waals surface area contributed by atoms with Crippen molar-refractivity contribution in [2.24, 2.45) is 0 Å². The van der Waals surface area contributed by atoms with E-state index in [-0.39, 0.29) is 51.0 Å². The molecule has 0 nitrogen and oxygen atoms in total. The second-order valence-electron chi connectivity index (χ2n) is 6.15. The van der Waals surface area contributed by atoms with Gasteiger partial charge in [0, 0.05) is 0 Å². The van der Waals surface area contributed by atoms with Crippen LogP contribution in [0.5, 0.6) is 0 Å². The van der Waals surface area contributed by atoms with E-state index >= 15 is 0 Å². The molecule has 142 valence electrons. The SMILES string of the molecule is Cc1[c]ccc(C)c1.Cc1[c]ccc(C)c1.Cc1[c]ccc(C)c1.[Bi+2].[Cl-].[Cl-]. The molecule has 3 heteroatoms. The van der Waals surface area contributed by atoms with Crippen LogP contribution in [0, 0.1) is 59.7 Å². The smallest absolute Gasteiger partial charge is 1.00 e. The van der Waals surface area contributed by atoms with Crippen molar-refractivity contribution in [1.82, 2.24) is 0 Å². The molecule has 0 fully saturated rings. The van der Waals surface area contributed by atoms with Gasteiger partial charge in [-0.15, -0.1) is 0 Å². The van der Waals surface area contributed by atoms with Gasteiger partial charge in [-0.1, -0.05) is 71.3 Å². The van der Waals surface area contributed by atoms with Gasteiger partial charge in [0.2, 0.25) is 0 Å². The van der Waals surface area contributed by atoms with Crippen LogP contribution in [0.1, 0.15) is 33.4 Å². The number of aryl methyl sites for hydroxylation is 6. The summed E-state index contributed by atoms with van der Waals surface area (Å²) in [5, 5.41) is 0. The van der Waals surface area contributed by atoms with Crippen molar-refractivity contribution in [3.05, 3.63) is 106 Å². The Balaban J connectivity index is -0.000000303. The molecule has 0 aliphatic heterocycles.